The second kappa shape index (κ2) is 6.16. The summed E-state index contributed by atoms with van der Waals surface area (Å²) in [5.74, 6) is 1.16. The normalized spacial score (nSPS) is 27.4. The van der Waals surface area contributed by atoms with E-state index in [-0.39, 0.29) is 18.0 Å². The van der Waals surface area contributed by atoms with Gasteiger partial charge in [-0.1, -0.05) is 19.1 Å². The van der Waals surface area contributed by atoms with Gasteiger partial charge in [-0.2, -0.15) is 0 Å². The lowest BCUT2D eigenvalue weighted by Crippen LogP contribution is -2.50. The molecule has 1 heterocycles. The quantitative estimate of drug-likeness (QED) is 0.879. The van der Waals surface area contributed by atoms with Crippen molar-refractivity contribution < 1.29 is 14.6 Å². The van der Waals surface area contributed by atoms with E-state index in [0.29, 0.717) is 13.1 Å². The number of amides is 2. The van der Waals surface area contributed by atoms with Gasteiger partial charge in [-0.05, 0) is 42.4 Å². The third-order valence-corrected chi connectivity index (χ3v) is 4.95. The first-order chi connectivity index (χ1) is 10.6. The Morgan fingerprint density at radius 1 is 1.41 bits per heavy atom. The number of aliphatic hydroxyl groups is 1. The number of rotatable bonds is 2. The second-order valence-corrected chi connectivity index (χ2v) is 6.35. The van der Waals surface area contributed by atoms with Crippen molar-refractivity contribution in [3.63, 3.8) is 0 Å². The maximum atomic E-state index is 12.4. The number of hydrogen-bond donors (Lipinski definition) is 2. The SMILES string of the molecule is COc1cccc2c1CCC2NC(=O)N1CCC(C)C(O)C1. The monoisotopic (exact) mass is 304 g/mol. The largest absolute Gasteiger partial charge is 0.496 e. The molecule has 2 N–H and O–H groups in total. The fraction of sp³-hybridized carbons (Fsp3) is 0.588. The van der Waals surface area contributed by atoms with Crippen LogP contribution in [0, 0.1) is 5.92 Å². The van der Waals surface area contributed by atoms with Gasteiger partial charge in [0.05, 0.1) is 19.3 Å². The van der Waals surface area contributed by atoms with E-state index in [1.54, 1.807) is 12.0 Å². The molecule has 0 bridgehead atoms. The lowest BCUT2D eigenvalue weighted by atomic mass is 9.96. The molecule has 3 atom stereocenters. The van der Waals surface area contributed by atoms with Gasteiger partial charge in [-0.25, -0.2) is 4.79 Å². The van der Waals surface area contributed by atoms with Crippen LogP contribution >= 0.6 is 0 Å². The maximum absolute atomic E-state index is 12.4. The molecule has 120 valence electrons. The molecule has 1 fully saturated rings. The van der Waals surface area contributed by atoms with Crippen molar-refractivity contribution in [2.24, 2.45) is 5.92 Å². The van der Waals surface area contributed by atoms with Gasteiger partial charge in [0.25, 0.3) is 0 Å². The molecule has 1 aliphatic heterocycles. The van der Waals surface area contributed by atoms with Crippen LogP contribution in [0.2, 0.25) is 0 Å². The molecule has 1 aliphatic carbocycles. The summed E-state index contributed by atoms with van der Waals surface area (Å²) in [4.78, 5) is 14.2. The van der Waals surface area contributed by atoms with Gasteiger partial charge in [0.15, 0.2) is 0 Å². The molecule has 22 heavy (non-hydrogen) atoms. The number of likely N-dealkylation sites (tertiary alicyclic amines) is 1. The van der Waals surface area contributed by atoms with Gasteiger partial charge in [0, 0.05) is 13.1 Å². The Kier molecular flexibility index (Phi) is 4.25. The van der Waals surface area contributed by atoms with E-state index in [0.717, 1.165) is 30.6 Å². The molecule has 0 spiro atoms. The van der Waals surface area contributed by atoms with E-state index < -0.39 is 6.10 Å². The Balaban J connectivity index is 1.67. The molecule has 5 heteroatoms. The molecule has 1 saturated heterocycles. The van der Waals surface area contributed by atoms with Gasteiger partial charge >= 0.3 is 6.03 Å². The third kappa shape index (κ3) is 2.77. The first-order valence-electron chi connectivity index (χ1n) is 7.99. The topological polar surface area (TPSA) is 61.8 Å². The third-order valence-electron chi connectivity index (χ3n) is 4.95. The highest BCUT2D eigenvalue weighted by atomic mass is 16.5. The Hall–Kier alpha value is -1.75. The number of ether oxygens (including phenoxy) is 1. The fourth-order valence-electron chi connectivity index (χ4n) is 3.44. The molecule has 5 nitrogen and oxygen atoms in total. The minimum Gasteiger partial charge on any atom is -0.496 e. The highest BCUT2D eigenvalue weighted by molar-refractivity contribution is 5.75. The lowest BCUT2D eigenvalue weighted by molar-refractivity contribution is 0.0430. The Morgan fingerprint density at radius 2 is 2.23 bits per heavy atom. The van der Waals surface area contributed by atoms with Gasteiger partial charge in [0.2, 0.25) is 0 Å². The molecule has 2 amide bonds. The number of urea groups is 1. The number of methoxy groups -OCH3 is 1. The summed E-state index contributed by atoms with van der Waals surface area (Å²) >= 11 is 0. The van der Waals surface area contributed by atoms with E-state index in [2.05, 4.69) is 11.4 Å². The zero-order chi connectivity index (χ0) is 15.7. The van der Waals surface area contributed by atoms with Crippen molar-refractivity contribution in [3.8, 4) is 5.75 Å². The van der Waals surface area contributed by atoms with Crippen LogP contribution in [0.25, 0.3) is 0 Å². The molecule has 0 radical (unpaired) electrons. The molecule has 0 aromatic heterocycles. The van der Waals surface area contributed by atoms with Crippen molar-refractivity contribution in [3.05, 3.63) is 29.3 Å². The smallest absolute Gasteiger partial charge is 0.317 e. The summed E-state index contributed by atoms with van der Waals surface area (Å²) in [7, 11) is 1.68. The lowest BCUT2D eigenvalue weighted by Gasteiger charge is -2.35. The predicted molar refractivity (Wildman–Crippen MR) is 83.9 cm³/mol. The van der Waals surface area contributed by atoms with E-state index in [4.69, 9.17) is 4.74 Å². The van der Waals surface area contributed by atoms with Crippen LogP contribution < -0.4 is 10.1 Å². The standard InChI is InChI=1S/C17H24N2O3/c1-11-8-9-19(10-15(11)20)17(21)18-14-7-6-13-12(14)4-3-5-16(13)22-2/h3-5,11,14-15,20H,6-10H2,1-2H3,(H,18,21). The summed E-state index contributed by atoms with van der Waals surface area (Å²) in [5.41, 5.74) is 2.35. The molecule has 1 aromatic carbocycles. The number of β-amino-alcohol motifs (C(OH)–C–C–N with tert-alkyl or cyclic N) is 1. The number of aliphatic hydroxyl groups excluding tert-OH is 1. The molecular formula is C17H24N2O3. The highest BCUT2D eigenvalue weighted by Crippen LogP contribution is 2.36. The first-order valence-corrected chi connectivity index (χ1v) is 7.99. The number of nitrogens with one attached hydrogen (secondary N) is 1. The van der Waals surface area contributed by atoms with Gasteiger partial charge in [-0.3, -0.25) is 0 Å². The number of carbonyl (C=O) groups excluding carboxylic acids is 1. The number of hydrogen-bond acceptors (Lipinski definition) is 3. The Bertz CT molecular complexity index is 561. The van der Waals surface area contributed by atoms with Crippen molar-refractivity contribution in [1.29, 1.82) is 0 Å². The molecule has 0 saturated carbocycles. The van der Waals surface area contributed by atoms with Crippen LogP contribution in [0.3, 0.4) is 0 Å². The molecule has 1 aromatic rings. The van der Waals surface area contributed by atoms with E-state index in [1.807, 2.05) is 19.1 Å². The number of piperidine rings is 1. The molecule has 3 unspecified atom stereocenters. The van der Waals surface area contributed by atoms with E-state index in [1.165, 1.54) is 5.56 Å². The number of carbonyl (C=O) groups is 1. The Labute approximate surface area is 131 Å². The number of fused-ring (bicyclic) bond motifs is 1. The van der Waals surface area contributed by atoms with Crippen LogP contribution in [0.5, 0.6) is 5.75 Å². The summed E-state index contributed by atoms with van der Waals surface area (Å²) in [5, 5.41) is 13.1. The van der Waals surface area contributed by atoms with Crippen LogP contribution in [0.4, 0.5) is 4.79 Å². The summed E-state index contributed by atoms with van der Waals surface area (Å²) < 4.78 is 5.40. The highest BCUT2D eigenvalue weighted by Gasteiger charge is 2.31. The Morgan fingerprint density at radius 3 is 2.95 bits per heavy atom. The summed E-state index contributed by atoms with van der Waals surface area (Å²) in [6.45, 7) is 3.16. The first kappa shape index (κ1) is 15.2. The van der Waals surface area contributed by atoms with Gasteiger partial charge in [0.1, 0.15) is 5.75 Å². The zero-order valence-electron chi connectivity index (χ0n) is 13.2. The van der Waals surface area contributed by atoms with Crippen molar-refractivity contribution >= 4 is 6.03 Å². The van der Waals surface area contributed by atoms with E-state index in [9.17, 15) is 9.90 Å². The van der Waals surface area contributed by atoms with Crippen molar-refractivity contribution in [2.45, 2.75) is 38.3 Å². The van der Waals surface area contributed by atoms with Crippen LogP contribution in [-0.4, -0.2) is 42.3 Å². The zero-order valence-corrected chi connectivity index (χ0v) is 13.2. The maximum Gasteiger partial charge on any atom is 0.317 e. The average Bonchev–Trinajstić information content (AvgIpc) is 2.93. The van der Waals surface area contributed by atoms with Gasteiger partial charge in [-0.15, -0.1) is 0 Å². The molecule has 2 aliphatic rings. The van der Waals surface area contributed by atoms with Crippen molar-refractivity contribution in [1.82, 2.24) is 10.2 Å². The van der Waals surface area contributed by atoms with E-state index >= 15 is 0 Å². The second-order valence-electron chi connectivity index (χ2n) is 6.35. The van der Waals surface area contributed by atoms with Crippen LogP contribution in [0.15, 0.2) is 18.2 Å². The minimum atomic E-state index is -0.421. The predicted octanol–water partition coefficient (Wildman–Crippen LogP) is 2.09. The number of nitrogens with zero attached hydrogens (tertiary/aromatic N) is 1. The molecular weight excluding hydrogens is 280 g/mol. The van der Waals surface area contributed by atoms with Crippen LogP contribution in [0.1, 0.15) is 36.9 Å². The number of benzene rings is 1. The molecule has 3 rings (SSSR count). The van der Waals surface area contributed by atoms with Crippen molar-refractivity contribution in [2.75, 3.05) is 20.2 Å². The average molecular weight is 304 g/mol. The fourth-order valence-corrected chi connectivity index (χ4v) is 3.44. The minimum absolute atomic E-state index is 0.0362. The summed E-state index contributed by atoms with van der Waals surface area (Å²) in [6.07, 6.45) is 2.25. The van der Waals surface area contributed by atoms with Crippen LogP contribution in [-0.2, 0) is 6.42 Å². The van der Waals surface area contributed by atoms with Gasteiger partial charge < -0.3 is 20.1 Å². The summed E-state index contributed by atoms with van der Waals surface area (Å²) in [6, 6.07) is 5.95.